The van der Waals surface area contributed by atoms with Gasteiger partial charge in [-0.1, -0.05) is 96.9 Å². The summed E-state index contributed by atoms with van der Waals surface area (Å²) < 4.78 is 0. The van der Waals surface area contributed by atoms with Crippen molar-refractivity contribution in [3.8, 4) is 0 Å². The van der Waals surface area contributed by atoms with Crippen molar-refractivity contribution < 1.29 is 0 Å². The van der Waals surface area contributed by atoms with Gasteiger partial charge in [0.2, 0.25) is 0 Å². The van der Waals surface area contributed by atoms with Crippen LogP contribution in [0.15, 0.2) is 42.1 Å². The first-order valence-electron chi connectivity index (χ1n) is 9.26. The fourth-order valence-electron chi connectivity index (χ4n) is 2.80. The molecule has 22 heavy (non-hydrogen) atoms. The smallest absolute Gasteiger partial charge is 0.0302 e. The highest BCUT2D eigenvalue weighted by Gasteiger charge is 2.11. The summed E-state index contributed by atoms with van der Waals surface area (Å²) in [5, 5.41) is 0. The van der Waals surface area contributed by atoms with Crippen molar-refractivity contribution >= 4 is 6.21 Å². The van der Waals surface area contributed by atoms with E-state index in [1.54, 1.807) is 12.3 Å². The van der Waals surface area contributed by atoms with Gasteiger partial charge in [0.05, 0.1) is 0 Å². The van der Waals surface area contributed by atoms with E-state index in [9.17, 15) is 0 Å². The number of nitrogens with zero attached hydrogens (tertiary/aromatic N) is 1. The van der Waals surface area contributed by atoms with Crippen LogP contribution in [0.4, 0.5) is 0 Å². The second-order valence-corrected chi connectivity index (χ2v) is 6.12. The van der Waals surface area contributed by atoms with Crippen LogP contribution in [0.1, 0.15) is 84.5 Å². The first kappa shape index (κ1) is 20.9. The quantitative estimate of drug-likeness (QED) is 0.171. The maximum Gasteiger partial charge on any atom is 0.0302 e. The van der Waals surface area contributed by atoms with Gasteiger partial charge in [-0.25, -0.2) is 0 Å². The van der Waals surface area contributed by atoms with Crippen LogP contribution in [0.3, 0.4) is 0 Å². The first-order valence-corrected chi connectivity index (χ1v) is 9.26. The number of unbranched alkanes of at least 4 members (excludes halogenated alkanes) is 7. The topological polar surface area (TPSA) is 12.4 Å². The first-order chi connectivity index (χ1) is 10.8. The van der Waals surface area contributed by atoms with Crippen LogP contribution in [0.2, 0.25) is 0 Å². The highest BCUT2D eigenvalue weighted by Crippen LogP contribution is 2.26. The molecular formula is C21H37N. The van der Waals surface area contributed by atoms with Crippen molar-refractivity contribution in [3.63, 3.8) is 0 Å². The third-order valence-electron chi connectivity index (χ3n) is 4.18. The molecule has 0 heterocycles. The number of rotatable bonds is 15. The Kier molecular flexibility index (Phi) is 15.4. The molecule has 0 aliphatic carbocycles. The van der Waals surface area contributed by atoms with E-state index in [2.05, 4.69) is 32.0 Å². The minimum absolute atomic E-state index is 0.623. The van der Waals surface area contributed by atoms with Crippen LogP contribution in [-0.4, -0.2) is 6.21 Å². The van der Waals surface area contributed by atoms with Crippen LogP contribution in [0.25, 0.3) is 0 Å². The Morgan fingerprint density at radius 1 is 0.864 bits per heavy atom. The van der Waals surface area contributed by atoms with Crippen molar-refractivity contribution in [1.29, 1.82) is 0 Å². The average molecular weight is 304 g/mol. The van der Waals surface area contributed by atoms with E-state index in [1.807, 2.05) is 12.3 Å². The lowest BCUT2D eigenvalue weighted by Crippen LogP contribution is -2.03. The van der Waals surface area contributed by atoms with Crippen LogP contribution in [-0.2, 0) is 0 Å². The molecule has 126 valence electrons. The fraction of sp³-hybridized carbons (Fsp3) is 0.667. The van der Waals surface area contributed by atoms with Gasteiger partial charge >= 0.3 is 0 Å². The Morgan fingerprint density at radius 2 is 1.41 bits per heavy atom. The van der Waals surface area contributed by atoms with E-state index in [1.165, 1.54) is 76.2 Å². The van der Waals surface area contributed by atoms with Gasteiger partial charge in [-0.15, -0.1) is 0 Å². The summed E-state index contributed by atoms with van der Waals surface area (Å²) in [6.07, 6.45) is 22.1. The Labute approximate surface area is 139 Å². The molecule has 1 atom stereocenters. The SMILES string of the molecule is C=CC=N/C=C(\C=C)C(CCCCCC)CCCCCCC. The van der Waals surface area contributed by atoms with Crippen molar-refractivity contribution in [1.82, 2.24) is 0 Å². The highest BCUT2D eigenvalue weighted by atomic mass is 14.7. The number of aliphatic imine (C=N–C) groups is 1. The van der Waals surface area contributed by atoms with E-state index >= 15 is 0 Å². The predicted molar refractivity (Wildman–Crippen MR) is 103 cm³/mol. The molecule has 0 fully saturated rings. The minimum Gasteiger partial charge on any atom is -0.264 e. The predicted octanol–water partition coefficient (Wildman–Crippen LogP) is 7.26. The zero-order valence-corrected chi connectivity index (χ0v) is 15.0. The molecule has 0 saturated heterocycles. The molecule has 0 saturated carbocycles. The van der Waals surface area contributed by atoms with E-state index in [0.717, 1.165) is 0 Å². The molecule has 0 spiro atoms. The summed E-state index contributed by atoms with van der Waals surface area (Å²) in [5.41, 5.74) is 1.30. The Balaban J connectivity index is 4.45. The Hall–Kier alpha value is -1.11. The molecule has 1 heteroatoms. The number of hydrogen-bond donors (Lipinski definition) is 0. The standard InChI is InChI=1S/C21H37N/c1-5-9-11-13-15-17-21(16-14-12-10-6-2)20(8-4)19-22-18-7-3/h7-8,18-19,21H,3-6,9-17H2,1-2H3/b20-19+,22-18?. The maximum absolute atomic E-state index is 4.31. The molecule has 0 aromatic rings. The second-order valence-electron chi connectivity index (χ2n) is 6.12. The van der Waals surface area contributed by atoms with Gasteiger partial charge in [0.15, 0.2) is 0 Å². The van der Waals surface area contributed by atoms with Gasteiger partial charge in [0, 0.05) is 12.4 Å². The maximum atomic E-state index is 4.31. The number of hydrogen-bond acceptors (Lipinski definition) is 1. The molecule has 0 amide bonds. The van der Waals surface area contributed by atoms with Gasteiger partial charge in [-0.2, -0.15) is 0 Å². The van der Waals surface area contributed by atoms with E-state index in [4.69, 9.17) is 0 Å². The molecule has 0 rings (SSSR count). The lowest BCUT2D eigenvalue weighted by atomic mass is 9.88. The highest BCUT2D eigenvalue weighted by molar-refractivity contribution is 5.70. The van der Waals surface area contributed by atoms with Crippen LogP contribution < -0.4 is 0 Å². The zero-order chi connectivity index (χ0) is 16.5. The largest absolute Gasteiger partial charge is 0.264 e. The van der Waals surface area contributed by atoms with Gasteiger partial charge < -0.3 is 0 Å². The molecule has 0 radical (unpaired) electrons. The van der Waals surface area contributed by atoms with Crippen molar-refractivity contribution in [2.24, 2.45) is 10.9 Å². The molecule has 0 bridgehead atoms. The van der Waals surface area contributed by atoms with Crippen molar-refractivity contribution in [2.75, 3.05) is 0 Å². The van der Waals surface area contributed by atoms with Gasteiger partial charge in [-0.05, 0) is 24.3 Å². The molecule has 0 aliphatic heterocycles. The Morgan fingerprint density at radius 3 is 1.91 bits per heavy atom. The zero-order valence-electron chi connectivity index (χ0n) is 15.0. The van der Waals surface area contributed by atoms with E-state index < -0.39 is 0 Å². The van der Waals surface area contributed by atoms with Crippen LogP contribution in [0.5, 0.6) is 0 Å². The van der Waals surface area contributed by atoms with Crippen molar-refractivity contribution in [3.05, 3.63) is 37.1 Å². The minimum atomic E-state index is 0.623. The molecular weight excluding hydrogens is 266 g/mol. The van der Waals surface area contributed by atoms with Gasteiger partial charge in [0.1, 0.15) is 0 Å². The second kappa shape index (κ2) is 16.3. The van der Waals surface area contributed by atoms with Crippen LogP contribution >= 0.6 is 0 Å². The lowest BCUT2D eigenvalue weighted by Gasteiger charge is -2.18. The summed E-state index contributed by atoms with van der Waals surface area (Å²) in [5.74, 6) is 0.623. The third-order valence-corrected chi connectivity index (χ3v) is 4.18. The third kappa shape index (κ3) is 11.5. The summed E-state index contributed by atoms with van der Waals surface area (Å²) in [6, 6.07) is 0. The summed E-state index contributed by atoms with van der Waals surface area (Å²) >= 11 is 0. The average Bonchev–Trinajstić information content (AvgIpc) is 2.54. The summed E-state index contributed by atoms with van der Waals surface area (Å²) in [7, 11) is 0. The van der Waals surface area contributed by atoms with Crippen LogP contribution in [0, 0.1) is 5.92 Å². The molecule has 1 nitrogen and oxygen atoms in total. The Bertz CT molecular complexity index is 325. The monoisotopic (exact) mass is 303 g/mol. The van der Waals surface area contributed by atoms with E-state index in [-0.39, 0.29) is 0 Å². The molecule has 0 aromatic carbocycles. The number of allylic oxidation sites excluding steroid dienone is 3. The van der Waals surface area contributed by atoms with Crippen molar-refractivity contribution in [2.45, 2.75) is 84.5 Å². The fourth-order valence-corrected chi connectivity index (χ4v) is 2.80. The van der Waals surface area contributed by atoms with Gasteiger partial charge in [0.25, 0.3) is 0 Å². The normalized spacial score (nSPS) is 13.5. The molecule has 1 unspecified atom stereocenters. The van der Waals surface area contributed by atoms with Gasteiger partial charge in [-0.3, -0.25) is 4.99 Å². The molecule has 0 aromatic heterocycles. The molecule has 0 aliphatic rings. The summed E-state index contributed by atoms with van der Waals surface area (Å²) in [6.45, 7) is 12.2. The van der Waals surface area contributed by atoms with E-state index in [0.29, 0.717) is 5.92 Å². The molecule has 0 N–H and O–H groups in total. The lowest BCUT2D eigenvalue weighted by molar-refractivity contribution is 0.458. The summed E-state index contributed by atoms with van der Waals surface area (Å²) in [4.78, 5) is 4.31.